The largest absolute Gasteiger partial charge is 0.327 e. The molecule has 1 atom stereocenters. The summed E-state index contributed by atoms with van der Waals surface area (Å²) in [7, 11) is 0. The van der Waals surface area contributed by atoms with Gasteiger partial charge in [0.25, 0.3) is 0 Å². The molecule has 1 unspecified atom stereocenters. The van der Waals surface area contributed by atoms with E-state index in [1.807, 2.05) is 13.8 Å². The molecule has 0 saturated heterocycles. The molecule has 6 heteroatoms. The van der Waals surface area contributed by atoms with Gasteiger partial charge in [-0.05, 0) is 25.1 Å². The van der Waals surface area contributed by atoms with Crippen molar-refractivity contribution in [3.63, 3.8) is 0 Å². The van der Waals surface area contributed by atoms with Crippen LogP contribution in [0.15, 0.2) is 24.3 Å². The van der Waals surface area contributed by atoms with Gasteiger partial charge in [-0.2, -0.15) is 0 Å². The molecule has 0 aliphatic heterocycles. The number of rotatable bonds is 5. The fraction of sp³-hybridized carbons (Fsp3) is 0.429. The number of benzene rings is 1. The van der Waals surface area contributed by atoms with Gasteiger partial charge in [0.15, 0.2) is 0 Å². The van der Waals surface area contributed by atoms with Crippen LogP contribution in [-0.4, -0.2) is 17.9 Å². The molecular formula is C14H22ClN3O2. The van der Waals surface area contributed by atoms with Crippen LogP contribution in [-0.2, 0) is 9.59 Å². The highest BCUT2D eigenvalue weighted by Gasteiger charge is 2.08. The lowest BCUT2D eigenvalue weighted by Crippen LogP contribution is -2.24. The van der Waals surface area contributed by atoms with E-state index in [1.165, 1.54) is 0 Å². The molecule has 1 rings (SSSR count). The molecule has 112 valence electrons. The van der Waals surface area contributed by atoms with E-state index in [9.17, 15) is 9.59 Å². The van der Waals surface area contributed by atoms with Crippen LogP contribution in [0.3, 0.4) is 0 Å². The molecule has 0 fully saturated rings. The summed E-state index contributed by atoms with van der Waals surface area (Å²) in [4.78, 5) is 23.2. The van der Waals surface area contributed by atoms with Gasteiger partial charge >= 0.3 is 0 Å². The summed E-state index contributed by atoms with van der Waals surface area (Å²) in [6, 6.07) is 6.87. The molecule has 1 aromatic carbocycles. The van der Waals surface area contributed by atoms with E-state index < -0.39 is 0 Å². The van der Waals surface area contributed by atoms with E-state index in [0.717, 1.165) is 0 Å². The Morgan fingerprint density at radius 2 is 1.70 bits per heavy atom. The minimum absolute atomic E-state index is 0. The molecule has 1 aromatic rings. The van der Waals surface area contributed by atoms with Gasteiger partial charge in [-0.1, -0.05) is 19.9 Å². The highest BCUT2D eigenvalue weighted by molar-refractivity contribution is 5.94. The lowest BCUT2D eigenvalue weighted by molar-refractivity contribution is -0.119. The van der Waals surface area contributed by atoms with E-state index >= 15 is 0 Å². The molecule has 0 aliphatic rings. The number of halogens is 1. The predicted molar refractivity (Wildman–Crippen MR) is 84.1 cm³/mol. The molecule has 0 radical (unpaired) electrons. The summed E-state index contributed by atoms with van der Waals surface area (Å²) in [5.74, 6) is -0.280. The highest BCUT2D eigenvalue weighted by atomic mass is 35.5. The predicted octanol–water partition coefficient (Wildman–Crippen LogP) is 2.38. The number of anilines is 2. The van der Waals surface area contributed by atoms with Gasteiger partial charge in [0.2, 0.25) is 11.8 Å². The van der Waals surface area contributed by atoms with Crippen LogP contribution in [0.4, 0.5) is 11.4 Å². The number of nitrogens with two attached hydrogens (primary N) is 1. The molecular weight excluding hydrogens is 278 g/mol. The Labute approximate surface area is 125 Å². The number of nitrogens with one attached hydrogen (secondary N) is 2. The summed E-state index contributed by atoms with van der Waals surface area (Å²) in [5, 5.41) is 5.53. The summed E-state index contributed by atoms with van der Waals surface area (Å²) in [6.07, 6.45) is 0.266. The topological polar surface area (TPSA) is 84.2 Å². The van der Waals surface area contributed by atoms with Crippen LogP contribution < -0.4 is 16.4 Å². The second kappa shape index (κ2) is 8.55. The van der Waals surface area contributed by atoms with Crippen LogP contribution in [0.1, 0.15) is 27.2 Å². The van der Waals surface area contributed by atoms with E-state index in [0.29, 0.717) is 11.4 Å². The van der Waals surface area contributed by atoms with Crippen molar-refractivity contribution in [3.8, 4) is 0 Å². The Kier molecular flexibility index (Phi) is 7.87. The number of hydrogen-bond acceptors (Lipinski definition) is 3. The van der Waals surface area contributed by atoms with Gasteiger partial charge in [0.05, 0.1) is 0 Å². The van der Waals surface area contributed by atoms with Crippen molar-refractivity contribution in [2.24, 2.45) is 11.7 Å². The summed E-state index contributed by atoms with van der Waals surface area (Å²) in [6.45, 7) is 5.42. The minimum atomic E-state index is -0.177. The first-order valence-electron chi connectivity index (χ1n) is 6.35. The maximum absolute atomic E-state index is 11.6. The maximum atomic E-state index is 11.6. The molecule has 0 saturated carbocycles. The molecule has 4 N–H and O–H groups in total. The number of hydrogen-bond donors (Lipinski definition) is 3. The fourth-order valence-electron chi connectivity index (χ4n) is 1.47. The maximum Gasteiger partial charge on any atom is 0.226 e. The molecule has 0 heterocycles. The number of amides is 2. The molecule has 0 aromatic heterocycles. The quantitative estimate of drug-likeness (QED) is 0.780. The van der Waals surface area contributed by atoms with Crippen LogP contribution in [0.2, 0.25) is 0 Å². The Hall–Kier alpha value is -1.59. The summed E-state index contributed by atoms with van der Waals surface area (Å²) < 4.78 is 0. The van der Waals surface area contributed by atoms with Crippen molar-refractivity contribution in [3.05, 3.63) is 24.3 Å². The van der Waals surface area contributed by atoms with E-state index in [4.69, 9.17) is 5.73 Å². The van der Waals surface area contributed by atoms with Crippen molar-refractivity contribution in [2.75, 3.05) is 10.6 Å². The monoisotopic (exact) mass is 299 g/mol. The van der Waals surface area contributed by atoms with Gasteiger partial charge in [-0.25, -0.2) is 0 Å². The number of carbonyl (C=O) groups is 2. The SMILES string of the molecule is CC(N)CC(=O)Nc1cccc(NC(=O)C(C)C)c1.Cl. The third kappa shape index (κ3) is 6.54. The van der Waals surface area contributed by atoms with Crippen molar-refractivity contribution in [1.29, 1.82) is 0 Å². The standard InChI is InChI=1S/C14H21N3O2.ClH/c1-9(2)14(19)17-12-6-4-5-11(8-12)16-13(18)7-10(3)15;/h4-6,8-10H,7,15H2,1-3H3,(H,16,18)(H,17,19);1H. The molecule has 20 heavy (non-hydrogen) atoms. The van der Waals surface area contributed by atoms with E-state index in [-0.39, 0.29) is 42.6 Å². The smallest absolute Gasteiger partial charge is 0.226 e. The van der Waals surface area contributed by atoms with Crippen molar-refractivity contribution in [1.82, 2.24) is 0 Å². The minimum Gasteiger partial charge on any atom is -0.327 e. The van der Waals surface area contributed by atoms with E-state index in [2.05, 4.69) is 10.6 Å². The normalized spacial score (nSPS) is 11.4. The Morgan fingerprint density at radius 3 is 2.20 bits per heavy atom. The molecule has 0 spiro atoms. The van der Waals surface area contributed by atoms with Gasteiger partial charge in [0.1, 0.15) is 0 Å². The first kappa shape index (κ1) is 18.4. The van der Waals surface area contributed by atoms with Gasteiger partial charge in [-0.15, -0.1) is 12.4 Å². The lowest BCUT2D eigenvalue weighted by atomic mass is 10.2. The second-order valence-electron chi connectivity index (χ2n) is 4.95. The zero-order valence-electron chi connectivity index (χ0n) is 12.0. The van der Waals surface area contributed by atoms with Crippen LogP contribution in [0.5, 0.6) is 0 Å². The Morgan fingerprint density at radius 1 is 1.15 bits per heavy atom. The van der Waals surface area contributed by atoms with Gasteiger partial charge in [0, 0.05) is 29.8 Å². The fourth-order valence-corrected chi connectivity index (χ4v) is 1.47. The van der Waals surface area contributed by atoms with Crippen LogP contribution in [0.25, 0.3) is 0 Å². The van der Waals surface area contributed by atoms with E-state index in [1.54, 1.807) is 31.2 Å². The first-order chi connectivity index (χ1) is 8.88. The van der Waals surface area contributed by atoms with Crippen LogP contribution in [0, 0.1) is 5.92 Å². The molecule has 0 aliphatic carbocycles. The zero-order chi connectivity index (χ0) is 14.4. The molecule has 5 nitrogen and oxygen atoms in total. The summed E-state index contributed by atoms with van der Waals surface area (Å²) in [5.41, 5.74) is 6.87. The first-order valence-corrected chi connectivity index (χ1v) is 6.35. The van der Waals surface area contributed by atoms with Crippen molar-refractivity contribution < 1.29 is 9.59 Å². The molecule has 2 amide bonds. The van der Waals surface area contributed by atoms with Crippen LogP contribution >= 0.6 is 12.4 Å². The average molecular weight is 300 g/mol. The average Bonchev–Trinajstić information content (AvgIpc) is 2.27. The summed E-state index contributed by atoms with van der Waals surface area (Å²) >= 11 is 0. The number of carbonyl (C=O) groups excluding carboxylic acids is 2. The third-order valence-electron chi connectivity index (χ3n) is 2.45. The van der Waals surface area contributed by atoms with Crippen molar-refractivity contribution >= 4 is 35.6 Å². The van der Waals surface area contributed by atoms with Gasteiger partial charge < -0.3 is 16.4 Å². The third-order valence-corrected chi connectivity index (χ3v) is 2.45. The zero-order valence-corrected chi connectivity index (χ0v) is 12.8. The highest BCUT2D eigenvalue weighted by Crippen LogP contribution is 2.16. The van der Waals surface area contributed by atoms with Crippen molar-refractivity contribution in [2.45, 2.75) is 33.2 Å². The second-order valence-corrected chi connectivity index (χ2v) is 4.95. The lowest BCUT2D eigenvalue weighted by Gasteiger charge is -2.11. The Bertz CT molecular complexity index is 461. The molecule has 0 bridgehead atoms. The Balaban J connectivity index is 0.00000361. The van der Waals surface area contributed by atoms with Gasteiger partial charge in [-0.3, -0.25) is 9.59 Å².